The minimum atomic E-state index is -4.31. The van der Waals surface area contributed by atoms with Gasteiger partial charge in [-0.25, -0.2) is 0 Å². The smallest absolute Gasteiger partial charge is 0.381 e. The van der Waals surface area contributed by atoms with Crippen molar-refractivity contribution < 1.29 is 17.9 Å². The van der Waals surface area contributed by atoms with Crippen LogP contribution in [0, 0.1) is 12.8 Å². The molecule has 1 heterocycles. The van der Waals surface area contributed by atoms with Gasteiger partial charge in [0.1, 0.15) is 0 Å². The van der Waals surface area contributed by atoms with Crippen LogP contribution in [-0.4, -0.2) is 13.2 Å². The fourth-order valence-electron chi connectivity index (χ4n) is 2.50. The molecule has 0 bridgehead atoms. The van der Waals surface area contributed by atoms with Gasteiger partial charge in [0, 0.05) is 12.5 Å². The number of rotatable bonds is 3. The minimum Gasteiger partial charge on any atom is -0.381 e. The highest BCUT2D eigenvalue weighted by molar-refractivity contribution is 5.35. The first-order valence-corrected chi connectivity index (χ1v) is 6.15. The van der Waals surface area contributed by atoms with Gasteiger partial charge in [-0.15, -0.1) is 0 Å². The van der Waals surface area contributed by atoms with E-state index in [0.717, 1.165) is 24.1 Å². The number of ether oxygens (including phenoxy) is 1. The number of hydrogen-bond acceptors (Lipinski definition) is 3. The van der Waals surface area contributed by atoms with Crippen molar-refractivity contribution in [3.63, 3.8) is 0 Å². The lowest BCUT2D eigenvalue weighted by atomic mass is 9.89. The maximum atomic E-state index is 12.6. The number of benzene rings is 1. The Bertz CT molecular complexity index is 442. The summed E-state index contributed by atoms with van der Waals surface area (Å²) in [6.07, 6.45) is -3.46. The Kier molecular flexibility index (Phi) is 4.13. The van der Waals surface area contributed by atoms with Gasteiger partial charge in [0.25, 0.3) is 0 Å². The van der Waals surface area contributed by atoms with Crippen molar-refractivity contribution in [2.24, 2.45) is 11.8 Å². The Balaban J connectivity index is 2.28. The number of halogens is 3. The zero-order chi connectivity index (χ0) is 14.0. The average molecular weight is 274 g/mol. The van der Waals surface area contributed by atoms with E-state index in [-0.39, 0.29) is 12.0 Å². The molecule has 1 fully saturated rings. The summed E-state index contributed by atoms with van der Waals surface area (Å²) in [4.78, 5) is 0. The molecule has 0 aliphatic carbocycles. The maximum absolute atomic E-state index is 12.6. The molecule has 2 atom stereocenters. The fraction of sp³-hybridized carbons (Fsp3) is 0.538. The van der Waals surface area contributed by atoms with Crippen molar-refractivity contribution in [3.05, 3.63) is 34.9 Å². The van der Waals surface area contributed by atoms with Crippen molar-refractivity contribution >= 4 is 0 Å². The largest absolute Gasteiger partial charge is 0.416 e. The predicted molar refractivity (Wildman–Crippen MR) is 65.2 cm³/mol. The van der Waals surface area contributed by atoms with Gasteiger partial charge < -0.3 is 4.74 Å². The van der Waals surface area contributed by atoms with E-state index in [1.54, 1.807) is 6.92 Å². The second-order valence-corrected chi connectivity index (χ2v) is 4.84. The molecular weight excluding hydrogens is 257 g/mol. The van der Waals surface area contributed by atoms with Gasteiger partial charge in [-0.05, 0) is 36.6 Å². The molecule has 3 nitrogen and oxygen atoms in total. The number of aryl methyl sites for hydroxylation is 1. The molecule has 1 aliphatic heterocycles. The van der Waals surface area contributed by atoms with Crippen LogP contribution in [0.25, 0.3) is 0 Å². The van der Waals surface area contributed by atoms with Crippen LogP contribution in [0.3, 0.4) is 0 Å². The molecule has 3 N–H and O–H groups in total. The topological polar surface area (TPSA) is 47.3 Å². The van der Waals surface area contributed by atoms with Crippen LogP contribution in [-0.2, 0) is 10.9 Å². The summed E-state index contributed by atoms with van der Waals surface area (Å²) in [5, 5.41) is 0. The van der Waals surface area contributed by atoms with Crippen LogP contribution in [0.4, 0.5) is 13.2 Å². The first kappa shape index (κ1) is 14.3. The molecule has 106 valence electrons. The van der Waals surface area contributed by atoms with Crippen LogP contribution in [0.2, 0.25) is 0 Å². The molecular formula is C13H17F3N2O. The summed E-state index contributed by atoms with van der Waals surface area (Å²) in [7, 11) is 0. The molecule has 1 aliphatic rings. The van der Waals surface area contributed by atoms with E-state index < -0.39 is 11.7 Å². The Morgan fingerprint density at radius 2 is 2.16 bits per heavy atom. The third-order valence-corrected chi connectivity index (χ3v) is 3.55. The highest BCUT2D eigenvalue weighted by atomic mass is 19.4. The average Bonchev–Trinajstić information content (AvgIpc) is 2.84. The molecule has 0 aromatic heterocycles. The minimum absolute atomic E-state index is 0.176. The van der Waals surface area contributed by atoms with Crippen molar-refractivity contribution in [2.75, 3.05) is 13.2 Å². The summed E-state index contributed by atoms with van der Waals surface area (Å²) in [5.74, 6) is 5.74. The zero-order valence-corrected chi connectivity index (χ0v) is 10.6. The van der Waals surface area contributed by atoms with Crippen LogP contribution < -0.4 is 11.3 Å². The van der Waals surface area contributed by atoms with Crippen LogP contribution in [0.5, 0.6) is 0 Å². The van der Waals surface area contributed by atoms with E-state index in [1.807, 2.05) is 0 Å². The third kappa shape index (κ3) is 3.08. The Morgan fingerprint density at radius 1 is 1.42 bits per heavy atom. The molecule has 0 saturated carbocycles. The lowest BCUT2D eigenvalue weighted by molar-refractivity contribution is -0.137. The first-order chi connectivity index (χ1) is 8.93. The summed E-state index contributed by atoms with van der Waals surface area (Å²) >= 11 is 0. The van der Waals surface area contributed by atoms with Crippen molar-refractivity contribution in [1.29, 1.82) is 0 Å². The summed E-state index contributed by atoms with van der Waals surface area (Å²) in [6.45, 7) is 2.92. The summed E-state index contributed by atoms with van der Waals surface area (Å²) in [5.41, 5.74) is 3.45. The van der Waals surface area contributed by atoms with Gasteiger partial charge in [0.15, 0.2) is 0 Å². The van der Waals surface area contributed by atoms with Gasteiger partial charge in [-0.2, -0.15) is 13.2 Å². The van der Waals surface area contributed by atoms with E-state index in [2.05, 4.69) is 5.43 Å². The van der Waals surface area contributed by atoms with Gasteiger partial charge in [0.05, 0.1) is 18.2 Å². The second kappa shape index (κ2) is 5.48. The van der Waals surface area contributed by atoms with E-state index >= 15 is 0 Å². The van der Waals surface area contributed by atoms with Gasteiger partial charge in [-0.3, -0.25) is 11.3 Å². The Morgan fingerprint density at radius 3 is 2.63 bits per heavy atom. The van der Waals surface area contributed by atoms with Gasteiger partial charge >= 0.3 is 6.18 Å². The maximum Gasteiger partial charge on any atom is 0.416 e. The molecule has 1 aromatic rings. The molecule has 2 unspecified atom stereocenters. The molecule has 19 heavy (non-hydrogen) atoms. The summed E-state index contributed by atoms with van der Waals surface area (Å²) < 4.78 is 43.2. The van der Waals surface area contributed by atoms with Crippen molar-refractivity contribution in [1.82, 2.24) is 5.43 Å². The van der Waals surface area contributed by atoms with Crippen LogP contribution in [0.15, 0.2) is 18.2 Å². The number of nitrogens with one attached hydrogen (secondary N) is 1. The second-order valence-electron chi connectivity index (χ2n) is 4.84. The molecule has 1 aromatic carbocycles. The highest BCUT2D eigenvalue weighted by Gasteiger charge is 2.32. The lowest BCUT2D eigenvalue weighted by Gasteiger charge is -2.24. The van der Waals surface area contributed by atoms with Crippen molar-refractivity contribution in [2.45, 2.75) is 25.6 Å². The number of hydrazine groups is 1. The highest BCUT2D eigenvalue weighted by Crippen LogP contribution is 2.34. The van der Waals surface area contributed by atoms with Crippen LogP contribution >= 0.6 is 0 Å². The van der Waals surface area contributed by atoms with E-state index in [4.69, 9.17) is 10.6 Å². The fourth-order valence-corrected chi connectivity index (χ4v) is 2.50. The molecule has 1 saturated heterocycles. The predicted octanol–water partition coefficient (Wildman–Crippen LogP) is 2.55. The Hall–Kier alpha value is -1.11. The van der Waals surface area contributed by atoms with E-state index in [1.165, 1.54) is 6.07 Å². The standard InChI is InChI=1S/C13H17F3N2O/c1-8-6-10(13(14,15)16)2-3-11(8)12(18-17)9-4-5-19-7-9/h2-3,6,9,12,18H,4-5,7,17H2,1H3. The number of hydrogen-bond donors (Lipinski definition) is 2. The SMILES string of the molecule is Cc1cc(C(F)(F)F)ccc1C(NN)C1CCOC1. The molecule has 6 heteroatoms. The number of nitrogens with two attached hydrogens (primary N) is 1. The summed E-state index contributed by atoms with van der Waals surface area (Å²) in [6, 6.07) is 3.59. The Labute approximate surface area is 109 Å². The monoisotopic (exact) mass is 274 g/mol. The van der Waals surface area contributed by atoms with Crippen LogP contribution in [0.1, 0.15) is 29.2 Å². The van der Waals surface area contributed by atoms with E-state index in [0.29, 0.717) is 18.8 Å². The van der Waals surface area contributed by atoms with E-state index in [9.17, 15) is 13.2 Å². The zero-order valence-electron chi connectivity index (χ0n) is 10.6. The normalized spacial score (nSPS) is 21.6. The molecule has 0 amide bonds. The third-order valence-electron chi connectivity index (χ3n) is 3.55. The quantitative estimate of drug-likeness (QED) is 0.658. The van der Waals surface area contributed by atoms with Gasteiger partial charge in [-0.1, -0.05) is 6.07 Å². The number of alkyl halides is 3. The molecule has 0 radical (unpaired) electrons. The lowest BCUT2D eigenvalue weighted by Crippen LogP contribution is -2.34. The van der Waals surface area contributed by atoms with Gasteiger partial charge in [0.2, 0.25) is 0 Å². The first-order valence-electron chi connectivity index (χ1n) is 6.15. The van der Waals surface area contributed by atoms with Crippen molar-refractivity contribution in [3.8, 4) is 0 Å². The molecule has 0 spiro atoms. The molecule has 2 rings (SSSR count).